The van der Waals surface area contributed by atoms with Gasteiger partial charge in [-0.15, -0.1) is 0 Å². The fourth-order valence-electron chi connectivity index (χ4n) is 2.68. The van der Waals surface area contributed by atoms with Crippen molar-refractivity contribution in [1.82, 2.24) is 4.90 Å². The average molecular weight is 263 g/mol. The number of piperidine rings is 1. The molecule has 1 saturated heterocycles. The monoisotopic (exact) mass is 263 g/mol. The van der Waals surface area contributed by atoms with E-state index in [-0.39, 0.29) is 11.7 Å². The quantitative estimate of drug-likeness (QED) is 0.816. The van der Waals surface area contributed by atoms with E-state index >= 15 is 0 Å². The fourth-order valence-corrected chi connectivity index (χ4v) is 2.68. The Morgan fingerprint density at radius 2 is 1.84 bits per heavy atom. The van der Waals surface area contributed by atoms with Gasteiger partial charge in [-0.25, -0.2) is 4.39 Å². The van der Waals surface area contributed by atoms with Crippen molar-refractivity contribution in [2.24, 2.45) is 5.92 Å². The Labute approximate surface area is 114 Å². The molecule has 1 aromatic rings. The minimum absolute atomic E-state index is 0.187. The summed E-state index contributed by atoms with van der Waals surface area (Å²) < 4.78 is 12.9. The Kier molecular flexibility index (Phi) is 4.56. The Morgan fingerprint density at radius 3 is 2.37 bits per heavy atom. The molecule has 0 unspecified atom stereocenters. The molecular weight excluding hydrogens is 241 g/mol. The molecule has 104 valence electrons. The summed E-state index contributed by atoms with van der Waals surface area (Å²) in [4.78, 5) is 13.9. The van der Waals surface area contributed by atoms with Gasteiger partial charge in [-0.05, 0) is 42.4 Å². The highest BCUT2D eigenvalue weighted by atomic mass is 19.1. The van der Waals surface area contributed by atoms with Crippen LogP contribution in [0.25, 0.3) is 0 Å². The number of amides is 1. The molecule has 0 aliphatic carbocycles. The van der Waals surface area contributed by atoms with Crippen molar-refractivity contribution < 1.29 is 9.18 Å². The molecule has 1 aliphatic rings. The molecular formula is C16H22FNO. The van der Waals surface area contributed by atoms with Gasteiger partial charge in [0.1, 0.15) is 5.82 Å². The Morgan fingerprint density at radius 1 is 1.26 bits per heavy atom. The SMILES string of the molecule is CC(C)CC(=O)N1CCC(c2ccc(F)cc2)CC1. The standard InChI is InChI=1S/C16H22FNO/c1-12(2)11-16(19)18-9-7-14(8-10-18)13-3-5-15(17)6-4-13/h3-6,12,14H,7-11H2,1-2H3. The largest absolute Gasteiger partial charge is 0.343 e. The molecule has 1 heterocycles. The van der Waals surface area contributed by atoms with Crippen LogP contribution in [-0.4, -0.2) is 23.9 Å². The summed E-state index contributed by atoms with van der Waals surface area (Å²) in [7, 11) is 0. The van der Waals surface area contributed by atoms with E-state index in [1.165, 1.54) is 17.7 Å². The van der Waals surface area contributed by atoms with Crippen molar-refractivity contribution in [1.29, 1.82) is 0 Å². The molecule has 1 aliphatic heterocycles. The zero-order chi connectivity index (χ0) is 13.8. The first-order valence-electron chi connectivity index (χ1n) is 7.09. The molecule has 2 rings (SSSR count). The molecule has 1 fully saturated rings. The van der Waals surface area contributed by atoms with Crippen LogP contribution < -0.4 is 0 Å². The summed E-state index contributed by atoms with van der Waals surface area (Å²) >= 11 is 0. The van der Waals surface area contributed by atoms with Crippen LogP contribution in [0.3, 0.4) is 0 Å². The highest BCUT2D eigenvalue weighted by Gasteiger charge is 2.23. The van der Waals surface area contributed by atoms with Gasteiger partial charge in [0.15, 0.2) is 0 Å². The van der Waals surface area contributed by atoms with Gasteiger partial charge in [0.05, 0.1) is 0 Å². The van der Waals surface area contributed by atoms with Gasteiger partial charge in [-0.1, -0.05) is 26.0 Å². The maximum atomic E-state index is 12.9. The van der Waals surface area contributed by atoms with Crippen LogP contribution in [0.2, 0.25) is 0 Å². The van der Waals surface area contributed by atoms with E-state index in [9.17, 15) is 9.18 Å². The summed E-state index contributed by atoms with van der Waals surface area (Å²) in [5.74, 6) is 0.965. The van der Waals surface area contributed by atoms with Crippen LogP contribution in [-0.2, 0) is 4.79 Å². The molecule has 3 heteroatoms. The number of carbonyl (C=O) groups is 1. The van der Waals surface area contributed by atoms with E-state index in [1.807, 2.05) is 17.0 Å². The minimum atomic E-state index is -0.187. The highest BCUT2D eigenvalue weighted by molar-refractivity contribution is 5.76. The lowest BCUT2D eigenvalue weighted by Crippen LogP contribution is -2.38. The molecule has 0 aromatic heterocycles. The third-order valence-corrected chi connectivity index (χ3v) is 3.77. The zero-order valence-corrected chi connectivity index (χ0v) is 11.7. The number of likely N-dealkylation sites (tertiary alicyclic amines) is 1. The summed E-state index contributed by atoms with van der Waals surface area (Å²) in [5, 5.41) is 0. The molecule has 1 amide bonds. The molecule has 0 radical (unpaired) electrons. The lowest BCUT2D eigenvalue weighted by molar-refractivity contribution is -0.133. The van der Waals surface area contributed by atoms with Gasteiger partial charge in [0.25, 0.3) is 0 Å². The second-order valence-electron chi connectivity index (χ2n) is 5.80. The second kappa shape index (κ2) is 6.18. The van der Waals surface area contributed by atoms with Crippen molar-refractivity contribution >= 4 is 5.91 Å². The zero-order valence-electron chi connectivity index (χ0n) is 11.7. The number of hydrogen-bond donors (Lipinski definition) is 0. The first kappa shape index (κ1) is 14.0. The van der Waals surface area contributed by atoms with Gasteiger partial charge in [-0.2, -0.15) is 0 Å². The third kappa shape index (κ3) is 3.79. The average Bonchev–Trinajstić information content (AvgIpc) is 2.39. The Bertz CT molecular complexity index is 419. The lowest BCUT2D eigenvalue weighted by Gasteiger charge is -2.32. The van der Waals surface area contributed by atoms with Crippen LogP contribution >= 0.6 is 0 Å². The summed E-state index contributed by atoms with van der Waals surface area (Å²) in [5.41, 5.74) is 1.19. The van der Waals surface area contributed by atoms with Crippen molar-refractivity contribution in [3.63, 3.8) is 0 Å². The number of nitrogens with zero attached hydrogens (tertiary/aromatic N) is 1. The summed E-state index contributed by atoms with van der Waals surface area (Å²) in [6, 6.07) is 6.77. The van der Waals surface area contributed by atoms with Crippen LogP contribution in [0, 0.1) is 11.7 Å². The number of carbonyl (C=O) groups excluding carboxylic acids is 1. The van der Waals surface area contributed by atoms with E-state index in [0.717, 1.165) is 25.9 Å². The van der Waals surface area contributed by atoms with E-state index in [2.05, 4.69) is 13.8 Å². The minimum Gasteiger partial charge on any atom is -0.343 e. The van der Waals surface area contributed by atoms with Gasteiger partial charge in [-0.3, -0.25) is 4.79 Å². The van der Waals surface area contributed by atoms with Crippen LogP contribution in [0.15, 0.2) is 24.3 Å². The Hall–Kier alpha value is -1.38. The van der Waals surface area contributed by atoms with Gasteiger partial charge >= 0.3 is 0 Å². The highest BCUT2D eigenvalue weighted by Crippen LogP contribution is 2.28. The van der Waals surface area contributed by atoms with Crippen molar-refractivity contribution in [2.45, 2.75) is 39.0 Å². The number of benzene rings is 1. The molecule has 0 saturated carbocycles. The van der Waals surface area contributed by atoms with Gasteiger partial charge < -0.3 is 4.90 Å². The normalized spacial score (nSPS) is 16.9. The predicted molar refractivity (Wildman–Crippen MR) is 74.4 cm³/mol. The summed E-state index contributed by atoms with van der Waals surface area (Å²) in [6.07, 6.45) is 2.60. The molecule has 19 heavy (non-hydrogen) atoms. The van der Waals surface area contributed by atoms with Crippen LogP contribution in [0.4, 0.5) is 4.39 Å². The number of rotatable bonds is 3. The smallest absolute Gasteiger partial charge is 0.222 e. The predicted octanol–water partition coefficient (Wildman–Crippen LogP) is 3.58. The van der Waals surface area contributed by atoms with E-state index < -0.39 is 0 Å². The van der Waals surface area contributed by atoms with Gasteiger partial charge in [0.2, 0.25) is 5.91 Å². The first-order valence-corrected chi connectivity index (χ1v) is 7.09. The molecule has 0 spiro atoms. The summed E-state index contributed by atoms with van der Waals surface area (Å²) in [6.45, 7) is 5.80. The molecule has 0 atom stereocenters. The van der Waals surface area contributed by atoms with Gasteiger partial charge in [0, 0.05) is 19.5 Å². The first-order chi connectivity index (χ1) is 9.06. The number of hydrogen-bond acceptors (Lipinski definition) is 1. The van der Waals surface area contributed by atoms with E-state index in [4.69, 9.17) is 0 Å². The van der Waals surface area contributed by atoms with Crippen molar-refractivity contribution in [3.05, 3.63) is 35.6 Å². The third-order valence-electron chi connectivity index (χ3n) is 3.77. The molecule has 1 aromatic carbocycles. The lowest BCUT2D eigenvalue weighted by atomic mass is 9.89. The van der Waals surface area contributed by atoms with Crippen molar-refractivity contribution in [3.8, 4) is 0 Å². The van der Waals surface area contributed by atoms with E-state index in [1.54, 1.807) is 0 Å². The maximum Gasteiger partial charge on any atom is 0.222 e. The molecule has 0 N–H and O–H groups in total. The fraction of sp³-hybridized carbons (Fsp3) is 0.562. The van der Waals surface area contributed by atoms with Crippen LogP contribution in [0.1, 0.15) is 44.6 Å². The molecule has 2 nitrogen and oxygen atoms in total. The molecule has 0 bridgehead atoms. The van der Waals surface area contributed by atoms with Crippen LogP contribution in [0.5, 0.6) is 0 Å². The topological polar surface area (TPSA) is 20.3 Å². The second-order valence-corrected chi connectivity index (χ2v) is 5.80. The Balaban J connectivity index is 1.88. The maximum absolute atomic E-state index is 12.9. The number of halogens is 1. The van der Waals surface area contributed by atoms with E-state index in [0.29, 0.717) is 18.3 Å². The van der Waals surface area contributed by atoms with Crippen molar-refractivity contribution in [2.75, 3.05) is 13.1 Å².